The van der Waals surface area contributed by atoms with E-state index in [-0.39, 0.29) is 0 Å². The molecular weight excluding hydrogens is 270 g/mol. The highest BCUT2D eigenvalue weighted by molar-refractivity contribution is 7.91. The topological polar surface area (TPSA) is 60.2 Å². The zero-order chi connectivity index (χ0) is 14.8. The molecule has 2 rings (SSSR count). The van der Waals surface area contributed by atoms with Crippen LogP contribution in [0.4, 0.5) is 0 Å². The van der Waals surface area contributed by atoms with Crippen LogP contribution in [0.2, 0.25) is 0 Å². The molecule has 0 saturated carbocycles. The molecule has 2 atom stereocenters. The van der Waals surface area contributed by atoms with Gasteiger partial charge < -0.3 is 5.73 Å². The molecule has 0 spiro atoms. The van der Waals surface area contributed by atoms with Crippen LogP contribution < -0.4 is 5.73 Å². The Morgan fingerprint density at radius 1 is 0.900 bits per heavy atom. The van der Waals surface area contributed by atoms with Crippen LogP contribution in [0.3, 0.4) is 0 Å². The standard InChI is InChI=1S/C16H19NO2S/c1-12(20(2,18)19)16(17)15-10-8-14(9-11-15)13-6-4-3-5-7-13/h3-12,16H,17H2,1-2H3/t12-,16+/m0/s1. The van der Waals surface area contributed by atoms with Gasteiger partial charge >= 0.3 is 0 Å². The number of rotatable bonds is 4. The minimum Gasteiger partial charge on any atom is -0.323 e. The van der Waals surface area contributed by atoms with Gasteiger partial charge in [0.1, 0.15) is 0 Å². The Morgan fingerprint density at radius 3 is 1.90 bits per heavy atom. The Labute approximate surface area is 120 Å². The molecule has 0 aliphatic carbocycles. The minimum atomic E-state index is -3.14. The molecule has 0 fully saturated rings. The van der Waals surface area contributed by atoms with Crippen molar-refractivity contribution in [2.24, 2.45) is 5.73 Å². The second-order valence-electron chi connectivity index (χ2n) is 5.05. The highest BCUT2D eigenvalue weighted by Gasteiger charge is 2.23. The molecule has 0 bridgehead atoms. The summed E-state index contributed by atoms with van der Waals surface area (Å²) in [4.78, 5) is 0. The molecule has 0 heterocycles. The van der Waals surface area contributed by atoms with Crippen molar-refractivity contribution in [2.45, 2.75) is 18.2 Å². The molecule has 0 aliphatic rings. The van der Waals surface area contributed by atoms with Crippen LogP contribution in [0.25, 0.3) is 11.1 Å². The van der Waals surface area contributed by atoms with Gasteiger partial charge in [0, 0.05) is 12.3 Å². The first kappa shape index (κ1) is 14.8. The number of hydrogen-bond acceptors (Lipinski definition) is 3. The Morgan fingerprint density at radius 2 is 1.40 bits per heavy atom. The highest BCUT2D eigenvalue weighted by atomic mass is 32.2. The first-order valence-corrected chi connectivity index (χ1v) is 8.45. The summed E-state index contributed by atoms with van der Waals surface area (Å²) in [5, 5.41) is -0.593. The Balaban J connectivity index is 2.25. The van der Waals surface area contributed by atoms with Crippen LogP contribution >= 0.6 is 0 Å². The van der Waals surface area contributed by atoms with Crippen molar-refractivity contribution in [3.63, 3.8) is 0 Å². The van der Waals surface area contributed by atoms with Gasteiger partial charge in [-0.2, -0.15) is 0 Å². The van der Waals surface area contributed by atoms with Gasteiger partial charge in [0.2, 0.25) is 0 Å². The first-order valence-electron chi connectivity index (χ1n) is 6.49. The van der Waals surface area contributed by atoms with Crippen molar-refractivity contribution in [3.8, 4) is 11.1 Å². The Bertz CT molecular complexity index is 663. The maximum atomic E-state index is 11.6. The van der Waals surface area contributed by atoms with Gasteiger partial charge in [0.25, 0.3) is 0 Å². The largest absolute Gasteiger partial charge is 0.323 e. The minimum absolute atomic E-state index is 0.505. The fourth-order valence-corrected chi connectivity index (χ4v) is 2.76. The monoisotopic (exact) mass is 289 g/mol. The fraction of sp³-hybridized carbons (Fsp3) is 0.250. The molecule has 3 nitrogen and oxygen atoms in total. The van der Waals surface area contributed by atoms with Gasteiger partial charge in [-0.15, -0.1) is 0 Å². The molecule has 2 N–H and O–H groups in total. The molecule has 20 heavy (non-hydrogen) atoms. The predicted octanol–water partition coefficient (Wildman–Crippen LogP) is 2.79. The van der Waals surface area contributed by atoms with Crippen molar-refractivity contribution >= 4 is 9.84 Å². The van der Waals surface area contributed by atoms with Crippen LogP contribution in [-0.2, 0) is 9.84 Å². The van der Waals surface area contributed by atoms with Crippen LogP contribution in [-0.4, -0.2) is 19.9 Å². The maximum Gasteiger partial charge on any atom is 0.151 e. The molecule has 0 radical (unpaired) electrons. The van der Waals surface area contributed by atoms with E-state index in [1.54, 1.807) is 6.92 Å². The Kier molecular flexibility index (Phi) is 4.26. The molecule has 2 aromatic carbocycles. The third-order valence-corrected chi connectivity index (χ3v) is 5.23. The van der Waals surface area contributed by atoms with Gasteiger partial charge in [-0.05, 0) is 23.6 Å². The van der Waals surface area contributed by atoms with Crippen LogP contribution in [0.1, 0.15) is 18.5 Å². The molecule has 0 unspecified atom stereocenters. The molecular formula is C16H19NO2S. The van der Waals surface area contributed by atoms with Gasteiger partial charge in [0.05, 0.1) is 5.25 Å². The van der Waals surface area contributed by atoms with Crippen molar-refractivity contribution in [3.05, 3.63) is 60.2 Å². The molecule has 106 valence electrons. The maximum absolute atomic E-state index is 11.6. The second-order valence-corrected chi connectivity index (χ2v) is 7.45. The third kappa shape index (κ3) is 3.26. The van der Waals surface area contributed by atoms with E-state index >= 15 is 0 Å². The zero-order valence-corrected chi connectivity index (χ0v) is 12.5. The van der Waals surface area contributed by atoms with Crippen LogP contribution in [0, 0.1) is 0 Å². The summed E-state index contributed by atoms with van der Waals surface area (Å²) in [5.74, 6) is 0. The SMILES string of the molecule is C[C@@H]([C@@H](N)c1ccc(-c2ccccc2)cc1)S(C)(=O)=O. The average Bonchev–Trinajstić information content (AvgIpc) is 2.46. The van der Waals surface area contributed by atoms with E-state index in [1.165, 1.54) is 6.26 Å². The molecule has 0 saturated heterocycles. The van der Waals surface area contributed by atoms with E-state index in [2.05, 4.69) is 0 Å². The lowest BCUT2D eigenvalue weighted by molar-refractivity contribution is 0.571. The first-order chi connectivity index (χ1) is 9.39. The lowest BCUT2D eigenvalue weighted by Crippen LogP contribution is -2.30. The number of benzene rings is 2. The third-order valence-electron chi connectivity index (χ3n) is 3.58. The smallest absolute Gasteiger partial charge is 0.151 e. The molecule has 0 aliphatic heterocycles. The van der Waals surface area contributed by atoms with Crippen LogP contribution in [0.5, 0.6) is 0 Å². The van der Waals surface area contributed by atoms with E-state index in [0.717, 1.165) is 16.7 Å². The lowest BCUT2D eigenvalue weighted by atomic mass is 10.00. The summed E-state index contributed by atoms with van der Waals surface area (Å²) in [6.07, 6.45) is 1.22. The second kappa shape index (κ2) is 5.77. The van der Waals surface area contributed by atoms with E-state index in [9.17, 15) is 8.42 Å². The molecule has 4 heteroatoms. The number of hydrogen-bond donors (Lipinski definition) is 1. The average molecular weight is 289 g/mol. The normalized spacial score (nSPS) is 14.8. The van der Waals surface area contributed by atoms with Gasteiger partial charge in [-0.25, -0.2) is 8.42 Å². The lowest BCUT2D eigenvalue weighted by Gasteiger charge is -2.19. The van der Waals surface area contributed by atoms with Crippen molar-refractivity contribution < 1.29 is 8.42 Å². The van der Waals surface area contributed by atoms with E-state index in [1.807, 2.05) is 54.6 Å². The van der Waals surface area contributed by atoms with Crippen molar-refractivity contribution in [1.29, 1.82) is 0 Å². The number of nitrogens with two attached hydrogens (primary N) is 1. The summed E-state index contributed by atoms with van der Waals surface area (Å²) in [6, 6.07) is 17.3. The predicted molar refractivity (Wildman–Crippen MR) is 83.1 cm³/mol. The summed E-state index contributed by atoms with van der Waals surface area (Å²) in [6.45, 7) is 1.64. The quantitative estimate of drug-likeness (QED) is 0.941. The van der Waals surface area contributed by atoms with Crippen LogP contribution in [0.15, 0.2) is 54.6 Å². The zero-order valence-electron chi connectivity index (χ0n) is 11.7. The summed E-state index contributed by atoms with van der Waals surface area (Å²) in [7, 11) is -3.14. The van der Waals surface area contributed by atoms with E-state index in [4.69, 9.17) is 5.73 Å². The van der Waals surface area contributed by atoms with Crippen molar-refractivity contribution in [1.82, 2.24) is 0 Å². The fourth-order valence-electron chi connectivity index (χ4n) is 2.07. The van der Waals surface area contributed by atoms with Crippen molar-refractivity contribution in [2.75, 3.05) is 6.26 Å². The molecule has 2 aromatic rings. The molecule has 0 amide bonds. The molecule has 0 aromatic heterocycles. The summed E-state index contributed by atoms with van der Waals surface area (Å²) < 4.78 is 23.1. The van der Waals surface area contributed by atoms with Gasteiger partial charge in [-0.1, -0.05) is 54.6 Å². The summed E-state index contributed by atoms with van der Waals surface area (Å²) in [5.41, 5.74) is 9.09. The van der Waals surface area contributed by atoms with Gasteiger partial charge in [-0.3, -0.25) is 0 Å². The van der Waals surface area contributed by atoms with E-state index in [0.29, 0.717) is 0 Å². The van der Waals surface area contributed by atoms with E-state index < -0.39 is 21.1 Å². The summed E-state index contributed by atoms with van der Waals surface area (Å²) >= 11 is 0. The van der Waals surface area contributed by atoms with Gasteiger partial charge in [0.15, 0.2) is 9.84 Å². The Hall–Kier alpha value is -1.65. The highest BCUT2D eigenvalue weighted by Crippen LogP contribution is 2.24. The number of sulfone groups is 1.